The largest absolute Gasteiger partial charge is 0.469 e. The number of ether oxygens (including phenoxy) is 2. The third kappa shape index (κ3) is 8.72. The third-order valence-electron chi connectivity index (χ3n) is 4.07. The van der Waals surface area contributed by atoms with Gasteiger partial charge in [-0.1, -0.05) is 54.6 Å². The number of carbonyl (C=O) groups is 2. The van der Waals surface area contributed by atoms with Gasteiger partial charge in [0.05, 0.1) is 20.6 Å². The van der Waals surface area contributed by atoms with E-state index < -0.39 is 11.9 Å². The number of hydrogen-bond donors (Lipinski definition) is 0. The van der Waals surface area contributed by atoms with E-state index in [4.69, 9.17) is 27.9 Å². The molecule has 1 rings (SSSR count). The molecule has 0 atom stereocenters. The number of rotatable bonds is 11. The predicted octanol–water partition coefficient (Wildman–Crippen LogP) is 5.54. The molecule has 0 heterocycles. The number of benzene rings is 1. The van der Waals surface area contributed by atoms with Crippen LogP contribution < -0.4 is 0 Å². The van der Waals surface area contributed by atoms with Gasteiger partial charge in [-0.05, 0) is 43.4 Å². The molecule has 0 saturated carbocycles. The summed E-state index contributed by atoms with van der Waals surface area (Å²) >= 11 is 12.1. The van der Waals surface area contributed by atoms with E-state index in [1.165, 1.54) is 14.2 Å². The molecule has 0 aliphatic carbocycles. The first-order chi connectivity index (χ1) is 12.5. The lowest BCUT2D eigenvalue weighted by molar-refractivity contribution is -0.143. The fourth-order valence-electron chi connectivity index (χ4n) is 2.58. The van der Waals surface area contributed by atoms with Gasteiger partial charge >= 0.3 is 11.9 Å². The average Bonchev–Trinajstić information content (AvgIpc) is 2.63. The van der Waals surface area contributed by atoms with Crippen LogP contribution in [0.2, 0.25) is 10.0 Å². The summed E-state index contributed by atoms with van der Waals surface area (Å²) in [6, 6.07) is 5.62. The van der Waals surface area contributed by atoms with Crippen molar-refractivity contribution in [2.75, 3.05) is 14.2 Å². The van der Waals surface area contributed by atoms with Gasteiger partial charge in [-0.3, -0.25) is 4.79 Å². The Labute approximate surface area is 165 Å². The van der Waals surface area contributed by atoms with Crippen LogP contribution in [0.25, 0.3) is 0 Å². The normalized spacial score (nSPS) is 11.3. The van der Waals surface area contributed by atoms with Gasteiger partial charge in [-0.2, -0.15) is 0 Å². The maximum atomic E-state index is 11.6. The molecule has 1 aromatic carbocycles. The third-order valence-corrected chi connectivity index (χ3v) is 4.65. The molecule has 6 heteroatoms. The average molecular weight is 401 g/mol. The van der Waals surface area contributed by atoms with Crippen LogP contribution in [0.15, 0.2) is 29.8 Å². The van der Waals surface area contributed by atoms with Crippen LogP contribution in [0.1, 0.15) is 50.5 Å². The molecule has 0 aliphatic heterocycles. The summed E-state index contributed by atoms with van der Waals surface area (Å²) in [5.41, 5.74) is 1.49. The molecule has 0 aliphatic rings. The van der Waals surface area contributed by atoms with E-state index >= 15 is 0 Å². The molecule has 144 valence electrons. The summed E-state index contributed by atoms with van der Waals surface area (Å²) in [4.78, 5) is 23.0. The molecule has 1 aromatic rings. The molecule has 0 unspecified atom stereocenters. The summed E-state index contributed by atoms with van der Waals surface area (Å²) < 4.78 is 9.29. The summed E-state index contributed by atoms with van der Waals surface area (Å²) in [5.74, 6) is -0.919. The molecular weight excluding hydrogens is 375 g/mol. The number of aryl methyl sites for hydroxylation is 1. The van der Waals surface area contributed by atoms with Gasteiger partial charge in [0.25, 0.3) is 0 Å². The molecule has 4 nitrogen and oxygen atoms in total. The Balaban J connectivity index is 2.24. The summed E-state index contributed by atoms with van der Waals surface area (Å²) in [6.45, 7) is 0. The maximum Gasteiger partial charge on any atom is 0.333 e. The quantitative estimate of drug-likeness (QED) is 0.278. The van der Waals surface area contributed by atoms with Crippen LogP contribution in [-0.2, 0) is 25.5 Å². The summed E-state index contributed by atoms with van der Waals surface area (Å²) in [6.07, 6.45) is 8.75. The van der Waals surface area contributed by atoms with Crippen LogP contribution >= 0.6 is 23.2 Å². The van der Waals surface area contributed by atoms with Gasteiger partial charge in [0.15, 0.2) is 0 Å². The Morgan fingerprint density at radius 3 is 2.35 bits per heavy atom. The van der Waals surface area contributed by atoms with Gasteiger partial charge in [-0.15, -0.1) is 0 Å². The molecule has 0 aromatic heterocycles. The van der Waals surface area contributed by atoms with E-state index in [0.717, 1.165) is 55.5 Å². The van der Waals surface area contributed by atoms with Crippen LogP contribution in [0, 0.1) is 0 Å². The van der Waals surface area contributed by atoms with Crippen molar-refractivity contribution in [2.24, 2.45) is 0 Å². The molecule has 0 amide bonds. The van der Waals surface area contributed by atoms with E-state index in [9.17, 15) is 9.59 Å². The first-order valence-corrected chi connectivity index (χ1v) is 9.51. The lowest BCUT2D eigenvalue weighted by Gasteiger charge is -2.06. The van der Waals surface area contributed by atoms with E-state index in [-0.39, 0.29) is 6.42 Å². The molecule has 0 bridgehead atoms. The van der Waals surface area contributed by atoms with Gasteiger partial charge in [0, 0.05) is 15.6 Å². The number of unbranched alkanes of at least 4 members (excludes halogenated alkanes) is 5. The number of halogens is 2. The van der Waals surface area contributed by atoms with Crippen molar-refractivity contribution in [3.8, 4) is 0 Å². The molecule has 26 heavy (non-hydrogen) atoms. The van der Waals surface area contributed by atoms with Crippen LogP contribution in [0.3, 0.4) is 0 Å². The lowest BCUT2D eigenvalue weighted by atomic mass is 10.0. The second kappa shape index (κ2) is 12.8. The van der Waals surface area contributed by atoms with Gasteiger partial charge in [0.2, 0.25) is 0 Å². The Hall–Kier alpha value is -1.52. The van der Waals surface area contributed by atoms with E-state index in [0.29, 0.717) is 10.6 Å². The minimum atomic E-state index is -0.477. The van der Waals surface area contributed by atoms with E-state index in [1.54, 1.807) is 12.1 Å². The molecule has 0 radical (unpaired) electrons. The van der Waals surface area contributed by atoms with E-state index in [1.807, 2.05) is 12.1 Å². The topological polar surface area (TPSA) is 52.6 Å². The fourth-order valence-corrected chi connectivity index (χ4v) is 3.08. The van der Waals surface area contributed by atoms with Crippen LogP contribution in [0.5, 0.6) is 0 Å². The summed E-state index contributed by atoms with van der Waals surface area (Å²) in [7, 11) is 2.61. The Kier molecular flexibility index (Phi) is 11.1. The minimum absolute atomic E-state index is 0.0506. The first-order valence-electron chi connectivity index (χ1n) is 8.76. The second-order valence-electron chi connectivity index (χ2n) is 6.02. The zero-order chi connectivity index (χ0) is 19.4. The molecule has 0 N–H and O–H groups in total. The Morgan fingerprint density at radius 1 is 1.00 bits per heavy atom. The van der Waals surface area contributed by atoms with Gasteiger partial charge in [0.1, 0.15) is 0 Å². The Bertz CT molecular complexity index is 626. The number of carbonyl (C=O) groups excluding carboxylic acids is 2. The predicted molar refractivity (Wildman–Crippen MR) is 105 cm³/mol. The number of esters is 2. The zero-order valence-corrected chi connectivity index (χ0v) is 16.9. The highest BCUT2D eigenvalue weighted by Crippen LogP contribution is 2.23. The highest BCUT2D eigenvalue weighted by molar-refractivity contribution is 6.35. The molecule has 0 fully saturated rings. The van der Waals surface area contributed by atoms with Crippen molar-refractivity contribution in [3.05, 3.63) is 45.5 Å². The number of allylic oxidation sites excluding steroid dienone is 1. The number of hydrogen-bond acceptors (Lipinski definition) is 4. The SMILES string of the molecule is COC(=O)C/C(=C\CCCCCCCc1ccc(Cl)cc1Cl)C(=O)OC. The second-order valence-corrected chi connectivity index (χ2v) is 6.86. The lowest BCUT2D eigenvalue weighted by Crippen LogP contribution is -2.11. The van der Waals surface area contributed by atoms with Crippen molar-refractivity contribution in [1.29, 1.82) is 0 Å². The van der Waals surface area contributed by atoms with E-state index in [2.05, 4.69) is 4.74 Å². The smallest absolute Gasteiger partial charge is 0.333 e. The van der Waals surface area contributed by atoms with Gasteiger partial charge < -0.3 is 9.47 Å². The van der Waals surface area contributed by atoms with Crippen molar-refractivity contribution >= 4 is 35.1 Å². The monoisotopic (exact) mass is 400 g/mol. The van der Waals surface area contributed by atoms with Crippen molar-refractivity contribution in [3.63, 3.8) is 0 Å². The molecule has 0 spiro atoms. The van der Waals surface area contributed by atoms with Crippen molar-refractivity contribution in [2.45, 2.75) is 51.4 Å². The van der Waals surface area contributed by atoms with Gasteiger partial charge in [-0.25, -0.2) is 4.79 Å². The molecule has 0 saturated heterocycles. The fraction of sp³-hybridized carbons (Fsp3) is 0.500. The highest BCUT2D eigenvalue weighted by atomic mass is 35.5. The van der Waals surface area contributed by atoms with Crippen LogP contribution in [0.4, 0.5) is 0 Å². The highest BCUT2D eigenvalue weighted by Gasteiger charge is 2.14. The zero-order valence-electron chi connectivity index (χ0n) is 15.4. The van der Waals surface area contributed by atoms with Crippen molar-refractivity contribution in [1.82, 2.24) is 0 Å². The van der Waals surface area contributed by atoms with Crippen LogP contribution in [-0.4, -0.2) is 26.2 Å². The number of methoxy groups -OCH3 is 2. The molecular formula is C20H26Cl2O4. The standard InChI is InChI=1S/C20H26Cl2O4/c1-25-19(23)13-16(20(24)26-2)10-8-6-4-3-5-7-9-15-11-12-17(21)14-18(15)22/h10-12,14H,3-9,13H2,1-2H3/b16-10+. The van der Waals surface area contributed by atoms with Crippen molar-refractivity contribution < 1.29 is 19.1 Å². The minimum Gasteiger partial charge on any atom is -0.469 e. The Morgan fingerprint density at radius 2 is 1.69 bits per heavy atom. The first kappa shape index (κ1) is 22.5. The summed E-state index contributed by atoms with van der Waals surface area (Å²) in [5, 5.41) is 1.38. The maximum absolute atomic E-state index is 11.6.